The summed E-state index contributed by atoms with van der Waals surface area (Å²) in [5.74, 6) is 0.192. The van der Waals surface area contributed by atoms with Crippen molar-refractivity contribution in [3.63, 3.8) is 0 Å². The molecule has 0 bridgehead atoms. The Morgan fingerprint density at radius 2 is 2.20 bits per heavy atom. The molecule has 0 spiro atoms. The van der Waals surface area contributed by atoms with E-state index in [2.05, 4.69) is 15.6 Å². The number of ether oxygens (including phenoxy) is 1. The lowest BCUT2D eigenvalue weighted by Crippen LogP contribution is -2.40. The van der Waals surface area contributed by atoms with Gasteiger partial charge in [-0.15, -0.1) is 0 Å². The average molecular weight is 278 g/mol. The molecule has 1 aliphatic heterocycles. The van der Waals surface area contributed by atoms with Crippen molar-refractivity contribution >= 4 is 11.6 Å². The molecule has 110 valence electrons. The Kier molecular flexibility index (Phi) is 5.76. The number of methoxy groups -OCH3 is 1. The Bertz CT molecular complexity index is 413. The van der Waals surface area contributed by atoms with Gasteiger partial charge in [-0.25, -0.2) is 0 Å². The SMILES string of the molecule is COCCNC1CCN(CCNc2ccncc2)C1=O. The minimum Gasteiger partial charge on any atom is -0.383 e. The third-order valence-corrected chi connectivity index (χ3v) is 3.39. The van der Waals surface area contributed by atoms with Gasteiger partial charge in [0.1, 0.15) is 0 Å². The fraction of sp³-hybridized carbons (Fsp3) is 0.571. The van der Waals surface area contributed by atoms with Gasteiger partial charge in [-0.3, -0.25) is 9.78 Å². The molecule has 2 N–H and O–H groups in total. The number of carbonyl (C=O) groups is 1. The van der Waals surface area contributed by atoms with Crippen molar-refractivity contribution in [1.29, 1.82) is 0 Å². The number of nitrogens with one attached hydrogen (secondary N) is 2. The Balaban J connectivity index is 1.68. The van der Waals surface area contributed by atoms with Crippen molar-refractivity contribution in [2.45, 2.75) is 12.5 Å². The van der Waals surface area contributed by atoms with E-state index in [1.165, 1.54) is 0 Å². The number of nitrogens with zero attached hydrogens (tertiary/aromatic N) is 2. The molecule has 0 aliphatic carbocycles. The maximum Gasteiger partial charge on any atom is 0.239 e. The highest BCUT2D eigenvalue weighted by molar-refractivity contribution is 5.84. The number of hydrogen-bond donors (Lipinski definition) is 2. The molecule has 1 unspecified atom stereocenters. The molecule has 6 heteroatoms. The van der Waals surface area contributed by atoms with Crippen molar-refractivity contribution in [2.24, 2.45) is 0 Å². The number of aromatic nitrogens is 1. The van der Waals surface area contributed by atoms with E-state index in [-0.39, 0.29) is 11.9 Å². The first-order chi connectivity index (χ1) is 9.81. The number of rotatable bonds is 8. The molecule has 1 aliphatic rings. The minimum absolute atomic E-state index is 0.0499. The van der Waals surface area contributed by atoms with Crippen LogP contribution in [0.25, 0.3) is 0 Å². The maximum absolute atomic E-state index is 12.1. The van der Waals surface area contributed by atoms with Gasteiger partial charge < -0.3 is 20.3 Å². The van der Waals surface area contributed by atoms with Crippen LogP contribution in [0.5, 0.6) is 0 Å². The second-order valence-corrected chi connectivity index (χ2v) is 4.78. The van der Waals surface area contributed by atoms with Gasteiger partial charge in [-0.2, -0.15) is 0 Å². The third kappa shape index (κ3) is 4.18. The van der Waals surface area contributed by atoms with E-state index in [1.807, 2.05) is 17.0 Å². The number of hydrogen-bond acceptors (Lipinski definition) is 5. The molecule has 1 atom stereocenters. The van der Waals surface area contributed by atoms with Gasteiger partial charge >= 0.3 is 0 Å². The lowest BCUT2D eigenvalue weighted by atomic mass is 10.2. The molecule has 1 amide bonds. The van der Waals surface area contributed by atoms with Crippen molar-refractivity contribution in [1.82, 2.24) is 15.2 Å². The maximum atomic E-state index is 12.1. The largest absolute Gasteiger partial charge is 0.383 e. The third-order valence-electron chi connectivity index (χ3n) is 3.39. The molecule has 20 heavy (non-hydrogen) atoms. The molecular weight excluding hydrogens is 256 g/mol. The number of likely N-dealkylation sites (tertiary alicyclic amines) is 1. The smallest absolute Gasteiger partial charge is 0.239 e. The Hall–Kier alpha value is -1.66. The van der Waals surface area contributed by atoms with Crippen LogP contribution in [-0.4, -0.2) is 61.7 Å². The summed E-state index contributed by atoms with van der Waals surface area (Å²) < 4.78 is 4.98. The summed E-state index contributed by atoms with van der Waals surface area (Å²) in [6.07, 6.45) is 4.37. The zero-order valence-corrected chi connectivity index (χ0v) is 11.8. The van der Waals surface area contributed by atoms with Crippen molar-refractivity contribution in [2.75, 3.05) is 45.2 Å². The van der Waals surface area contributed by atoms with Crippen LogP contribution in [0, 0.1) is 0 Å². The minimum atomic E-state index is -0.0499. The van der Waals surface area contributed by atoms with E-state index >= 15 is 0 Å². The topological polar surface area (TPSA) is 66.5 Å². The van der Waals surface area contributed by atoms with Gasteiger partial charge in [0, 0.05) is 51.4 Å². The highest BCUT2D eigenvalue weighted by Crippen LogP contribution is 2.11. The molecule has 0 aromatic carbocycles. The van der Waals surface area contributed by atoms with Crippen LogP contribution < -0.4 is 10.6 Å². The van der Waals surface area contributed by atoms with E-state index in [4.69, 9.17) is 4.74 Å². The van der Waals surface area contributed by atoms with Gasteiger partial charge in [-0.05, 0) is 18.6 Å². The Morgan fingerprint density at radius 1 is 1.40 bits per heavy atom. The fourth-order valence-electron chi connectivity index (χ4n) is 2.29. The van der Waals surface area contributed by atoms with Crippen LogP contribution in [0.1, 0.15) is 6.42 Å². The average Bonchev–Trinajstić information content (AvgIpc) is 2.82. The zero-order valence-electron chi connectivity index (χ0n) is 11.8. The van der Waals surface area contributed by atoms with Crippen molar-refractivity contribution in [3.05, 3.63) is 24.5 Å². The molecule has 1 fully saturated rings. The lowest BCUT2D eigenvalue weighted by molar-refractivity contribution is -0.129. The van der Waals surface area contributed by atoms with Crippen LogP contribution in [0.4, 0.5) is 5.69 Å². The number of pyridine rings is 1. The zero-order chi connectivity index (χ0) is 14.2. The lowest BCUT2D eigenvalue weighted by Gasteiger charge is -2.17. The van der Waals surface area contributed by atoms with E-state index in [1.54, 1.807) is 19.5 Å². The summed E-state index contributed by atoms with van der Waals surface area (Å²) in [7, 11) is 1.66. The van der Waals surface area contributed by atoms with Gasteiger partial charge in [0.2, 0.25) is 5.91 Å². The normalized spacial score (nSPS) is 18.6. The van der Waals surface area contributed by atoms with E-state index in [0.717, 1.165) is 38.3 Å². The monoisotopic (exact) mass is 278 g/mol. The number of anilines is 1. The molecule has 0 radical (unpaired) electrons. The second kappa shape index (κ2) is 7.81. The summed E-state index contributed by atoms with van der Waals surface area (Å²) >= 11 is 0. The van der Waals surface area contributed by atoms with Crippen LogP contribution in [0.15, 0.2) is 24.5 Å². The van der Waals surface area contributed by atoms with Gasteiger partial charge in [0.15, 0.2) is 0 Å². The Labute approximate surface area is 119 Å². The summed E-state index contributed by atoms with van der Waals surface area (Å²) in [4.78, 5) is 18.0. The Morgan fingerprint density at radius 3 is 2.95 bits per heavy atom. The molecule has 1 saturated heterocycles. The van der Waals surface area contributed by atoms with E-state index < -0.39 is 0 Å². The summed E-state index contributed by atoms with van der Waals surface area (Å²) in [6, 6.07) is 3.79. The van der Waals surface area contributed by atoms with Crippen LogP contribution >= 0.6 is 0 Å². The van der Waals surface area contributed by atoms with Crippen LogP contribution in [0.3, 0.4) is 0 Å². The first-order valence-corrected chi connectivity index (χ1v) is 6.96. The number of carbonyl (C=O) groups excluding carboxylic acids is 1. The predicted molar refractivity (Wildman–Crippen MR) is 77.6 cm³/mol. The molecule has 2 heterocycles. The van der Waals surface area contributed by atoms with Gasteiger partial charge in [-0.1, -0.05) is 0 Å². The van der Waals surface area contributed by atoms with E-state index in [0.29, 0.717) is 6.61 Å². The first kappa shape index (κ1) is 14.7. The summed E-state index contributed by atoms with van der Waals surface area (Å²) in [6.45, 7) is 3.65. The fourth-order valence-corrected chi connectivity index (χ4v) is 2.29. The highest BCUT2D eigenvalue weighted by atomic mass is 16.5. The molecular formula is C14H22N4O2. The summed E-state index contributed by atoms with van der Waals surface area (Å²) in [5, 5.41) is 6.51. The van der Waals surface area contributed by atoms with Crippen LogP contribution in [-0.2, 0) is 9.53 Å². The highest BCUT2D eigenvalue weighted by Gasteiger charge is 2.30. The second-order valence-electron chi connectivity index (χ2n) is 4.78. The molecule has 6 nitrogen and oxygen atoms in total. The number of amides is 1. The molecule has 0 saturated carbocycles. The first-order valence-electron chi connectivity index (χ1n) is 6.96. The van der Waals surface area contributed by atoms with Crippen molar-refractivity contribution < 1.29 is 9.53 Å². The van der Waals surface area contributed by atoms with E-state index in [9.17, 15) is 4.79 Å². The quantitative estimate of drug-likeness (QED) is 0.671. The molecule has 1 aromatic heterocycles. The summed E-state index contributed by atoms with van der Waals surface area (Å²) in [5.41, 5.74) is 1.03. The predicted octanol–water partition coefficient (Wildman–Crippen LogP) is 0.330. The van der Waals surface area contributed by atoms with Crippen molar-refractivity contribution in [3.8, 4) is 0 Å². The van der Waals surface area contributed by atoms with Crippen LogP contribution in [0.2, 0.25) is 0 Å². The molecule has 2 rings (SSSR count). The van der Waals surface area contributed by atoms with Gasteiger partial charge in [0.05, 0.1) is 12.6 Å². The molecule has 1 aromatic rings. The van der Waals surface area contributed by atoms with Gasteiger partial charge in [0.25, 0.3) is 0 Å². The standard InChI is InChI=1S/C14H22N4O2/c1-20-11-8-17-13-4-9-18(14(13)19)10-7-16-12-2-5-15-6-3-12/h2-3,5-6,13,17H,4,7-11H2,1H3,(H,15,16).